The van der Waals surface area contributed by atoms with Gasteiger partial charge in [0.1, 0.15) is 30.1 Å². The fourth-order valence-electron chi connectivity index (χ4n) is 3.73. The lowest BCUT2D eigenvalue weighted by molar-refractivity contribution is 0.0600. The number of carbonyl (C=O) groups is 1. The quantitative estimate of drug-likeness (QED) is 0.425. The van der Waals surface area contributed by atoms with Gasteiger partial charge in [-0.3, -0.25) is 14.7 Å². The van der Waals surface area contributed by atoms with Crippen LogP contribution in [0.5, 0.6) is 17.2 Å². The summed E-state index contributed by atoms with van der Waals surface area (Å²) in [6.45, 7) is 1.59. The van der Waals surface area contributed by atoms with Crippen molar-refractivity contribution < 1.29 is 23.4 Å². The number of pyridine rings is 1. The van der Waals surface area contributed by atoms with Crippen LogP contribution in [-0.4, -0.2) is 29.7 Å². The second-order valence-corrected chi connectivity index (χ2v) is 7.55. The molecule has 0 radical (unpaired) electrons. The summed E-state index contributed by atoms with van der Waals surface area (Å²) in [7, 11) is 1.31. The molecule has 33 heavy (non-hydrogen) atoms. The first-order valence-corrected chi connectivity index (χ1v) is 10.3. The number of aromatic nitrogens is 1. The fraction of sp³-hybridized carbons (Fsp3) is 0.160. The van der Waals surface area contributed by atoms with E-state index in [1.54, 1.807) is 42.6 Å². The van der Waals surface area contributed by atoms with E-state index in [4.69, 9.17) is 13.9 Å². The maximum atomic E-state index is 13.1. The Morgan fingerprint density at radius 3 is 2.73 bits per heavy atom. The Hall–Kier alpha value is -4.17. The zero-order chi connectivity index (χ0) is 22.8. The summed E-state index contributed by atoms with van der Waals surface area (Å²) in [5.41, 5.74) is 2.30. The average Bonchev–Trinajstić information content (AvgIpc) is 2.86. The molecule has 4 aromatic rings. The summed E-state index contributed by atoms with van der Waals surface area (Å²) in [5.74, 6) is 0.693. The molecule has 0 atom stereocenters. The van der Waals surface area contributed by atoms with E-state index in [-0.39, 0.29) is 11.2 Å². The summed E-state index contributed by atoms with van der Waals surface area (Å²) >= 11 is 0. The van der Waals surface area contributed by atoms with Crippen molar-refractivity contribution in [2.75, 3.05) is 13.8 Å². The monoisotopic (exact) mass is 444 g/mol. The van der Waals surface area contributed by atoms with Crippen molar-refractivity contribution in [3.63, 3.8) is 0 Å². The number of fused-ring (bicyclic) bond motifs is 3. The van der Waals surface area contributed by atoms with Gasteiger partial charge in [-0.2, -0.15) is 0 Å². The SMILES string of the molecule is COC(=O)c1ccc(Oc2coc3c4c(ccc3c2=O)OCN(Cc2ccccn2)C4)cc1. The average molecular weight is 444 g/mol. The maximum Gasteiger partial charge on any atom is 0.337 e. The van der Waals surface area contributed by atoms with Crippen LogP contribution in [-0.2, 0) is 17.8 Å². The molecule has 0 unspecified atom stereocenters. The Morgan fingerprint density at radius 2 is 1.97 bits per heavy atom. The van der Waals surface area contributed by atoms with Crippen molar-refractivity contribution in [3.05, 3.63) is 94.1 Å². The molecule has 2 aromatic carbocycles. The van der Waals surface area contributed by atoms with E-state index in [1.165, 1.54) is 13.4 Å². The van der Waals surface area contributed by atoms with Gasteiger partial charge in [-0.15, -0.1) is 0 Å². The molecule has 0 bridgehead atoms. The zero-order valence-corrected chi connectivity index (χ0v) is 17.8. The topological polar surface area (TPSA) is 91.1 Å². The smallest absolute Gasteiger partial charge is 0.337 e. The van der Waals surface area contributed by atoms with Crippen LogP contribution >= 0.6 is 0 Å². The molecule has 0 spiro atoms. The standard InChI is InChI=1S/C25H20N2O6/c1-30-25(29)16-5-7-18(8-6-16)33-22-14-31-24-19(23(22)28)9-10-21-20(24)13-27(15-32-21)12-17-4-2-3-11-26-17/h2-11,14H,12-13,15H2,1H3. The third-order valence-corrected chi connectivity index (χ3v) is 5.37. The molecule has 0 saturated carbocycles. The number of benzene rings is 2. The molecule has 0 aliphatic carbocycles. The number of ether oxygens (including phenoxy) is 3. The number of methoxy groups -OCH3 is 1. The van der Waals surface area contributed by atoms with Crippen LogP contribution in [0, 0.1) is 0 Å². The summed E-state index contributed by atoms with van der Waals surface area (Å²) in [6.07, 6.45) is 3.06. The van der Waals surface area contributed by atoms with Gasteiger partial charge in [0, 0.05) is 19.3 Å². The van der Waals surface area contributed by atoms with Gasteiger partial charge in [0.2, 0.25) is 11.2 Å². The van der Waals surface area contributed by atoms with Crippen LogP contribution in [0.3, 0.4) is 0 Å². The number of nitrogens with zero attached hydrogens (tertiary/aromatic N) is 2. The molecule has 2 aromatic heterocycles. The van der Waals surface area contributed by atoms with Gasteiger partial charge in [0.25, 0.3) is 0 Å². The molecule has 0 amide bonds. The van der Waals surface area contributed by atoms with Crippen LogP contribution in [0.1, 0.15) is 21.6 Å². The van der Waals surface area contributed by atoms with Crippen molar-refractivity contribution >= 4 is 16.9 Å². The molecular formula is C25H20N2O6. The molecule has 3 heterocycles. The highest BCUT2D eigenvalue weighted by atomic mass is 16.5. The van der Waals surface area contributed by atoms with Crippen molar-refractivity contribution in [1.82, 2.24) is 9.88 Å². The highest BCUT2D eigenvalue weighted by molar-refractivity contribution is 5.89. The van der Waals surface area contributed by atoms with E-state index >= 15 is 0 Å². The first-order chi connectivity index (χ1) is 16.1. The second kappa shape index (κ2) is 8.76. The molecule has 5 rings (SSSR count). The van der Waals surface area contributed by atoms with Crippen LogP contribution in [0.4, 0.5) is 0 Å². The second-order valence-electron chi connectivity index (χ2n) is 7.55. The van der Waals surface area contributed by atoms with Gasteiger partial charge < -0.3 is 18.6 Å². The molecular weight excluding hydrogens is 424 g/mol. The maximum absolute atomic E-state index is 13.1. The number of rotatable bonds is 5. The molecule has 1 aliphatic heterocycles. The van der Waals surface area contributed by atoms with Crippen molar-refractivity contribution in [3.8, 4) is 17.2 Å². The van der Waals surface area contributed by atoms with E-state index in [0.29, 0.717) is 47.9 Å². The van der Waals surface area contributed by atoms with E-state index in [0.717, 1.165) is 11.3 Å². The predicted octanol–water partition coefficient (Wildman–Crippen LogP) is 4.12. The van der Waals surface area contributed by atoms with Crippen molar-refractivity contribution in [2.24, 2.45) is 0 Å². The van der Waals surface area contributed by atoms with Crippen molar-refractivity contribution in [2.45, 2.75) is 13.1 Å². The summed E-state index contributed by atoms with van der Waals surface area (Å²) in [4.78, 5) is 31.1. The van der Waals surface area contributed by atoms with Gasteiger partial charge >= 0.3 is 5.97 Å². The molecule has 0 saturated heterocycles. The largest absolute Gasteiger partial charge is 0.478 e. The lowest BCUT2D eigenvalue weighted by atomic mass is 10.1. The normalized spacial score (nSPS) is 13.2. The number of esters is 1. The minimum atomic E-state index is -0.448. The summed E-state index contributed by atoms with van der Waals surface area (Å²) in [6, 6.07) is 15.5. The van der Waals surface area contributed by atoms with E-state index in [2.05, 4.69) is 14.6 Å². The predicted molar refractivity (Wildman–Crippen MR) is 119 cm³/mol. The molecule has 0 N–H and O–H groups in total. The van der Waals surface area contributed by atoms with E-state index < -0.39 is 5.97 Å². The van der Waals surface area contributed by atoms with Gasteiger partial charge in [0.15, 0.2) is 0 Å². The van der Waals surface area contributed by atoms with Gasteiger partial charge in [-0.1, -0.05) is 6.07 Å². The molecule has 1 aliphatic rings. The van der Waals surface area contributed by atoms with Crippen LogP contribution in [0.2, 0.25) is 0 Å². The summed E-state index contributed by atoms with van der Waals surface area (Å²) < 4.78 is 22.1. The molecule has 8 nitrogen and oxygen atoms in total. The van der Waals surface area contributed by atoms with E-state index in [1.807, 2.05) is 18.2 Å². The van der Waals surface area contributed by atoms with E-state index in [9.17, 15) is 9.59 Å². The zero-order valence-electron chi connectivity index (χ0n) is 17.8. The summed E-state index contributed by atoms with van der Waals surface area (Å²) in [5, 5.41) is 0.403. The Labute approximate surface area is 188 Å². The fourth-order valence-corrected chi connectivity index (χ4v) is 3.73. The van der Waals surface area contributed by atoms with Crippen molar-refractivity contribution in [1.29, 1.82) is 0 Å². The molecule has 8 heteroatoms. The van der Waals surface area contributed by atoms with Crippen LogP contribution < -0.4 is 14.9 Å². The molecule has 0 fully saturated rings. The Balaban J connectivity index is 1.41. The number of hydrogen-bond donors (Lipinski definition) is 0. The number of hydrogen-bond acceptors (Lipinski definition) is 8. The minimum Gasteiger partial charge on any atom is -0.478 e. The highest BCUT2D eigenvalue weighted by Crippen LogP contribution is 2.33. The third kappa shape index (κ3) is 4.16. The highest BCUT2D eigenvalue weighted by Gasteiger charge is 2.23. The first-order valence-electron chi connectivity index (χ1n) is 10.3. The van der Waals surface area contributed by atoms with Crippen LogP contribution in [0.25, 0.3) is 11.0 Å². The lowest BCUT2D eigenvalue weighted by Gasteiger charge is -2.28. The Bertz CT molecular complexity index is 1370. The minimum absolute atomic E-state index is 0.0512. The first kappa shape index (κ1) is 20.7. The third-order valence-electron chi connectivity index (χ3n) is 5.37. The molecule has 166 valence electrons. The van der Waals surface area contributed by atoms with Crippen LogP contribution in [0.15, 0.2) is 76.3 Å². The Kier molecular flexibility index (Phi) is 5.50. The van der Waals surface area contributed by atoms with Gasteiger partial charge in [-0.05, 0) is 48.5 Å². The van der Waals surface area contributed by atoms with Gasteiger partial charge in [-0.25, -0.2) is 4.79 Å². The lowest BCUT2D eigenvalue weighted by Crippen LogP contribution is -2.32. The van der Waals surface area contributed by atoms with Gasteiger partial charge in [0.05, 0.1) is 29.3 Å². The number of carbonyl (C=O) groups excluding carboxylic acids is 1. The Morgan fingerprint density at radius 1 is 1.12 bits per heavy atom.